The summed E-state index contributed by atoms with van der Waals surface area (Å²) < 4.78 is 0. The van der Waals surface area contributed by atoms with E-state index in [0.717, 1.165) is 5.39 Å². The Morgan fingerprint density at radius 2 is 2.20 bits per heavy atom. The van der Waals surface area contributed by atoms with Crippen LogP contribution in [0.15, 0.2) is 6.20 Å². The number of carbonyl (C=O) groups excluding carboxylic acids is 1. The van der Waals surface area contributed by atoms with Crippen molar-refractivity contribution in [3.63, 3.8) is 0 Å². The number of nitrogens with zero attached hydrogens (tertiary/aromatic N) is 4. The number of urea groups is 1. The van der Waals surface area contributed by atoms with E-state index < -0.39 is 0 Å². The molecule has 10 nitrogen and oxygen atoms in total. The van der Waals surface area contributed by atoms with E-state index in [9.17, 15) is 4.79 Å². The topological polar surface area (TPSA) is 137 Å². The van der Waals surface area contributed by atoms with E-state index in [1.807, 2.05) is 0 Å². The molecule has 0 saturated heterocycles. The smallest absolute Gasteiger partial charge is 0.316 e. The van der Waals surface area contributed by atoms with Crippen LogP contribution in [0.3, 0.4) is 0 Å². The number of anilines is 2. The van der Waals surface area contributed by atoms with Crippen LogP contribution in [0.4, 0.5) is 16.6 Å². The van der Waals surface area contributed by atoms with Gasteiger partial charge in [-0.25, -0.2) is 10.6 Å². The molecule has 2 heterocycles. The van der Waals surface area contributed by atoms with Crippen LogP contribution >= 0.6 is 0 Å². The third-order valence-electron chi connectivity index (χ3n) is 2.54. The summed E-state index contributed by atoms with van der Waals surface area (Å²) in [5.41, 5.74) is 2.96. The van der Waals surface area contributed by atoms with Crippen molar-refractivity contribution in [2.24, 2.45) is 5.84 Å². The Bertz CT molecular complexity index is 593. The highest BCUT2D eigenvalue weighted by Gasteiger charge is 2.08. The van der Waals surface area contributed by atoms with E-state index in [-0.39, 0.29) is 12.0 Å². The molecule has 2 aromatic rings. The molecule has 0 aliphatic rings. The van der Waals surface area contributed by atoms with Gasteiger partial charge in [-0.2, -0.15) is 15.1 Å². The first-order valence-corrected chi connectivity index (χ1v) is 5.98. The zero-order valence-corrected chi connectivity index (χ0v) is 11.3. The summed E-state index contributed by atoms with van der Waals surface area (Å²) in [4.78, 5) is 21.1. The molecule has 2 amide bonds. The first-order valence-electron chi connectivity index (χ1n) is 5.98. The van der Waals surface area contributed by atoms with E-state index in [4.69, 9.17) is 5.84 Å². The van der Waals surface area contributed by atoms with Crippen molar-refractivity contribution in [1.82, 2.24) is 30.4 Å². The minimum absolute atomic E-state index is 0.146. The summed E-state index contributed by atoms with van der Waals surface area (Å²) in [5.74, 6) is 6.18. The number of aromatic nitrogens is 4. The van der Waals surface area contributed by atoms with Crippen molar-refractivity contribution < 1.29 is 4.79 Å². The molecular formula is C10H17N9O. The fourth-order valence-corrected chi connectivity index (χ4v) is 1.54. The zero-order chi connectivity index (χ0) is 14.5. The number of nitrogen functional groups attached to an aromatic ring is 1. The second-order valence-electron chi connectivity index (χ2n) is 4.23. The van der Waals surface area contributed by atoms with Crippen molar-refractivity contribution in [1.29, 1.82) is 0 Å². The summed E-state index contributed by atoms with van der Waals surface area (Å²) in [6.45, 7) is 0.979. The number of amides is 2. The largest absolute Gasteiger partial charge is 0.368 e. The maximum Gasteiger partial charge on any atom is 0.316 e. The minimum atomic E-state index is -0.146. The SMILES string of the molecule is CN(C)C(=O)NCCNc1nc(NN)nc2[nH]ncc12. The van der Waals surface area contributed by atoms with E-state index in [2.05, 4.69) is 36.2 Å². The normalized spacial score (nSPS) is 10.3. The minimum Gasteiger partial charge on any atom is -0.368 e. The molecule has 0 unspecified atom stereocenters. The standard InChI is InChI=1S/C10H17N9O/c1-19(2)10(20)13-4-3-12-7-6-5-14-18-8(6)16-9(15-7)17-11/h5H,3-4,11H2,1-2H3,(H,13,20)(H3,12,14,15,16,17,18). The second kappa shape index (κ2) is 6.02. The second-order valence-corrected chi connectivity index (χ2v) is 4.23. The summed E-state index contributed by atoms with van der Waals surface area (Å²) in [5, 5.41) is 13.2. The number of hydrogen-bond acceptors (Lipinski definition) is 7. The molecule has 2 aromatic heterocycles. The van der Waals surface area contributed by atoms with Crippen LogP contribution in [-0.2, 0) is 0 Å². The average Bonchev–Trinajstić information content (AvgIpc) is 2.91. The van der Waals surface area contributed by atoms with Crippen LogP contribution in [0, 0.1) is 0 Å². The van der Waals surface area contributed by atoms with Gasteiger partial charge in [0.15, 0.2) is 5.65 Å². The highest BCUT2D eigenvalue weighted by molar-refractivity contribution is 5.86. The predicted molar refractivity (Wildman–Crippen MR) is 75.1 cm³/mol. The average molecular weight is 279 g/mol. The van der Waals surface area contributed by atoms with Gasteiger partial charge < -0.3 is 15.5 Å². The Morgan fingerprint density at radius 1 is 1.40 bits per heavy atom. The Kier molecular flexibility index (Phi) is 4.15. The molecule has 10 heteroatoms. The van der Waals surface area contributed by atoms with Crippen molar-refractivity contribution in [3.05, 3.63) is 6.20 Å². The van der Waals surface area contributed by atoms with Gasteiger partial charge in [0, 0.05) is 27.2 Å². The van der Waals surface area contributed by atoms with Crippen LogP contribution in [0.25, 0.3) is 11.0 Å². The van der Waals surface area contributed by atoms with E-state index in [1.54, 1.807) is 20.3 Å². The van der Waals surface area contributed by atoms with Crippen LogP contribution in [0.5, 0.6) is 0 Å². The highest BCUT2D eigenvalue weighted by Crippen LogP contribution is 2.18. The number of nitrogens with one attached hydrogen (secondary N) is 4. The third kappa shape index (κ3) is 3.03. The molecule has 0 aliphatic heterocycles. The van der Waals surface area contributed by atoms with Gasteiger partial charge in [-0.15, -0.1) is 0 Å². The zero-order valence-electron chi connectivity index (χ0n) is 11.3. The first-order chi connectivity index (χ1) is 9.61. The Morgan fingerprint density at radius 3 is 2.90 bits per heavy atom. The molecule has 0 radical (unpaired) electrons. The quantitative estimate of drug-likeness (QED) is 0.278. The maximum atomic E-state index is 11.3. The third-order valence-corrected chi connectivity index (χ3v) is 2.54. The van der Waals surface area contributed by atoms with Gasteiger partial charge in [0.1, 0.15) is 5.82 Å². The lowest BCUT2D eigenvalue weighted by Crippen LogP contribution is -2.37. The highest BCUT2D eigenvalue weighted by atomic mass is 16.2. The van der Waals surface area contributed by atoms with Gasteiger partial charge in [-0.1, -0.05) is 0 Å². The molecule has 6 N–H and O–H groups in total. The summed E-state index contributed by atoms with van der Waals surface area (Å²) in [6.07, 6.45) is 1.62. The van der Waals surface area contributed by atoms with Gasteiger partial charge in [-0.05, 0) is 0 Å². The lowest BCUT2D eigenvalue weighted by atomic mass is 10.4. The lowest BCUT2D eigenvalue weighted by molar-refractivity contribution is 0.218. The number of fused-ring (bicyclic) bond motifs is 1. The van der Waals surface area contributed by atoms with Crippen LogP contribution in [-0.4, -0.2) is 58.3 Å². The molecule has 0 aliphatic carbocycles. The predicted octanol–water partition coefficient (Wildman–Crippen LogP) is -0.678. The summed E-state index contributed by atoms with van der Waals surface area (Å²) in [7, 11) is 3.36. The Balaban J connectivity index is 1.99. The number of aromatic amines is 1. The molecule has 0 saturated carbocycles. The fourth-order valence-electron chi connectivity index (χ4n) is 1.54. The first kappa shape index (κ1) is 13.8. The molecular weight excluding hydrogens is 262 g/mol. The van der Waals surface area contributed by atoms with Gasteiger partial charge in [0.25, 0.3) is 0 Å². The van der Waals surface area contributed by atoms with Crippen molar-refractivity contribution >= 4 is 28.8 Å². The monoisotopic (exact) mass is 279 g/mol. The summed E-state index contributed by atoms with van der Waals surface area (Å²) >= 11 is 0. The number of rotatable bonds is 5. The molecule has 0 spiro atoms. The number of nitrogens with two attached hydrogens (primary N) is 1. The van der Waals surface area contributed by atoms with Crippen molar-refractivity contribution in [2.45, 2.75) is 0 Å². The summed E-state index contributed by atoms with van der Waals surface area (Å²) in [6, 6.07) is -0.146. The fraction of sp³-hybridized carbons (Fsp3) is 0.400. The number of H-pyrrole nitrogens is 1. The Labute approximate surface area is 115 Å². The molecule has 0 atom stereocenters. The maximum absolute atomic E-state index is 11.3. The van der Waals surface area contributed by atoms with Gasteiger partial charge in [0.05, 0.1) is 11.6 Å². The van der Waals surface area contributed by atoms with Gasteiger partial charge in [-0.3, -0.25) is 10.5 Å². The molecule has 2 rings (SSSR count). The molecule has 0 bridgehead atoms. The van der Waals surface area contributed by atoms with E-state index in [1.165, 1.54) is 4.90 Å². The molecule has 20 heavy (non-hydrogen) atoms. The molecule has 108 valence electrons. The number of hydrazine groups is 1. The van der Waals surface area contributed by atoms with E-state index >= 15 is 0 Å². The Hall–Kier alpha value is -2.62. The lowest BCUT2D eigenvalue weighted by Gasteiger charge is -2.12. The van der Waals surface area contributed by atoms with Gasteiger partial charge >= 0.3 is 6.03 Å². The molecule has 0 aromatic carbocycles. The van der Waals surface area contributed by atoms with Gasteiger partial charge in [0.2, 0.25) is 5.95 Å². The molecule has 0 fully saturated rings. The van der Waals surface area contributed by atoms with Crippen LogP contribution in [0.1, 0.15) is 0 Å². The number of hydrogen-bond donors (Lipinski definition) is 5. The van der Waals surface area contributed by atoms with Crippen LogP contribution in [0.2, 0.25) is 0 Å². The van der Waals surface area contributed by atoms with Crippen LogP contribution < -0.4 is 21.9 Å². The number of carbonyl (C=O) groups is 1. The van der Waals surface area contributed by atoms with Crippen molar-refractivity contribution in [2.75, 3.05) is 37.9 Å². The van der Waals surface area contributed by atoms with Crippen molar-refractivity contribution in [3.8, 4) is 0 Å². The van der Waals surface area contributed by atoms with E-state index in [0.29, 0.717) is 24.6 Å².